The van der Waals surface area contributed by atoms with Gasteiger partial charge in [-0.05, 0) is 35.6 Å². The normalized spacial score (nSPS) is 10.9. The first-order valence-corrected chi connectivity index (χ1v) is 5.99. The Bertz CT molecular complexity index is 676. The van der Waals surface area contributed by atoms with E-state index in [4.69, 9.17) is 4.42 Å². The molecule has 0 saturated carbocycles. The van der Waals surface area contributed by atoms with Gasteiger partial charge >= 0.3 is 5.63 Å². The molecule has 0 radical (unpaired) electrons. The minimum absolute atomic E-state index is 0.108. The molecule has 0 saturated heterocycles. The molecule has 1 amide bonds. The number of hydrogen-bond donors (Lipinski definition) is 1. The summed E-state index contributed by atoms with van der Waals surface area (Å²) in [5.41, 5.74) is -0.646. The number of nitrogens with one attached hydrogen (secondary N) is 1. The SMILES string of the molecule is CC(C)CNC(=O)c1cc2cc(F)ccc2c(=O)o1. The van der Waals surface area contributed by atoms with E-state index in [-0.39, 0.29) is 17.1 Å². The summed E-state index contributed by atoms with van der Waals surface area (Å²) in [4.78, 5) is 23.5. The van der Waals surface area contributed by atoms with Crippen molar-refractivity contribution in [3.63, 3.8) is 0 Å². The van der Waals surface area contributed by atoms with Crippen LogP contribution in [0.1, 0.15) is 24.4 Å². The van der Waals surface area contributed by atoms with Crippen molar-refractivity contribution in [2.75, 3.05) is 6.54 Å². The first kappa shape index (κ1) is 13.3. The van der Waals surface area contributed by atoms with Crippen LogP contribution in [0.5, 0.6) is 0 Å². The number of rotatable bonds is 3. The van der Waals surface area contributed by atoms with Gasteiger partial charge in [0.15, 0.2) is 5.76 Å². The Hall–Kier alpha value is -2.17. The molecular formula is C14H14FNO3. The van der Waals surface area contributed by atoms with Crippen LogP contribution < -0.4 is 10.9 Å². The van der Waals surface area contributed by atoms with Crippen molar-refractivity contribution in [3.8, 4) is 0 Å². The molecule has 1 N–H and O–H groups in total. The first-order valence-electron chi connectivity index (χ1n) is 5.99. The van der Waals surface area contributed by atoms with Crippen molar-refractivity contribution in [1.29, 1.82) is 0 Å². The van der Waals surface area contributed by atoms with Crippen LogP contribution in [0.4, 0.5) is 4.39 Å². The number of fused-ring (bicyclic) bond motifs is 1. The minimum Gasteiger partial charge on any atom is -0.417 e. The number of amides is 1. The fourth-order valence-electron chi connectivity index (χ4n) is 1.66. The van der Waals surface area contributed by atoms with Crippen molar-refractivity contribution in [2.45, 2.75) is 13.8 Å². The zero-order valence-corrected chi connectivity index (χ0v) is 10.7. The Morgan fingerprint density at radius 2 is 2.11 bits per heavy atom. The summed E-state index contributed by atoms with van der Waals surface area (Å²) in [6.07, 6.45) is 0. The molecule has 4 nitrogen and oxygen atoms in total. The first-order chi connectivity index (χ1) is 8.97. The van der Waals surface area contributed by atoms with Gasteiger partial charge in [-0.3, -0.25) is 4.79 Å². The fraction of sp³-hybridized carbons (Fsp3) is 0.286. The van der Waals surface area contributed by atoms with E-state index in [0.29, 0.717) is 11.9 Å². The van der Waals surface area contributed by atoms with E-state index in [2.05, 4.69) is 5.32 Å². The monoisotopic (exact) mass is 263 g/mol. The van der Waals surface area contributed by atoms with Crippen LogP contribution in [0, 0.1) is 11.7 Å². The lowest BCUT2D eigenvalue weighted by Crippen LogP contribution is -2.28. The molecule has 5 heteroatoms. The van der Waals surface area contributed by atoms with Crippen LogP contribution in [-0.2, 0) is 0 Å². The number of carbonyl (C=O) groups is 1. The minimum atomic E-state index is -0.646. The number of carbonyl (C=O) groups excluding carboxylic acids is 1. The van der Waals surface area contributed by atoms with Gasteiger partial charge in [0, 0.05) is 6.54 Å². The highest BCUT2D eigenvalue weighted by atomic mass is 19.1. The highest BCUT2D eigenvalue weighted by Crippen LogP contribution is 2.14. The third-order valence-electron chi connectivity index (χ3n) is 2.62. The molecule has 100 valence electrons. The maximum absolute atomic E-state index is 13.1. The quantitative estimate of drug-likeness (QED) is 0.924. The number of hydrogen-bond acceptors (Lipinski definition) is 3. The Morgan fingerprint density at radius 1 is 1.37 bits per heavy atom. The Balaban J connectivity index is 2.39. The van der Waals surface area contributed by atoms with Crippen LogP contribution in [0.25, 0.3) is 10.8 Å². The van der Waals surface area contributed by atoms with Crippen LogP contribution in [0.15, 0.2) is 33.5 Å². The van der Waals surface area contributed by atoms with Crippen molar-refractivity contribution >= 4 is 16.7 Å². The largest absolute Gasteiger partial charge is 0.417 e. The summed E-state index contributed by atoms with van der Waals surface area (Å²) < 4.78 is 18.1. The smallest absolute Gasteiger partial charge is 0.344 e. The van der Waals surface area contributed by atoms with Gasteiger partial charge in [0.2, 0.25) is 0 Å². The Kier molecular flexibility index (Phi) is 3.64. The number of halogens is 1. The zero-order chi connectivity index (χ0) is 14.0. The predicted molar refractivity (Wildman–Crippen MR) is 69.6 cm³/mol. The van der Waals surface area contributed by atoms with Crippen LogP contribution in [0.3, 0.4) is 0 Å². The highest BCUT2D eigenvalue weighted by Gasteiger charge is 2.12. The van der Waals surface area contributed by atoms with Crippen LogP contribution >= 0.6 is 0 Å². The van der Waals surface area contributed by atoms with Gasteiger partial charge in [-0.2, -0.15) is 0 Å². The Labute approximate surface area is 109 Å². The molecule has 19 heavy (non-hydrogen) atoms. The summed E-state index contributed by atoms with van der Waals surface area (Å²) in [6, 6.07) is 5.09. The van der Waals surface area contributed by atoms with Crippen molar-refractivity contribution in [1.82, 2.24) is 5.32 Å². The van der Waals surface area contributed by atoms with Crippen LogP contribution in [0.2, 0.25) is 0 Å². The van der Waals surface area contributed by atoms with E-state index in [9.17, 15) is 14.0 Å². The van der Waals surface area contributed by atoms with E-state index in [0.717, 1.165) is 0 Å². The molecule has 2 rings (SSSR count). The van der Waals surface area contributed by atoms with Gasteiger partial charge in [-0.1, -0.05) is 13.8 Å². The standard InChI is InChI=1S/C14H14FNO3/c1-8(2)7-16-13(17)12-6-9-5-10(15)3-4-11(9)14(18)19-12/h3-6,8H,7H2,1-2H3,(H,16,17). The topological polar surface area (TPSA) is 59.3 Å². The average molecular weight is 263 g/mol. The molecular weight excluding hydrogens is 249 g/mol. The summed E-state index contributed by atoms with van der Waals surface area (Å²) in [6.45, 7) is 4.38. The summed E-state index contributed by atoms with van der Waals surface area (Å²) in [7, 11) is 0. The molecule has 0 aliphatic carbocycles. The van der Waals surface area contributed by atoms with Gasteiger partial charge < -0.3 is 9.73 Å². The van der Waals surface area contributed by atoms with Crippen molar-refractivity contribution in [2.24, 2.45) is 5.92 Å². The van der Waals surface area contributed by atoms with Gasteiger partial charge in [-0.25, -0.2) is 9.18 Å². The second-order valence-corrected chi connectivity index (χ2v) is 4.73. The lowest BCUT2D eigenvalue weighted by atomic mass is 10.1. The molecule has 0 spiro atoms. The van der Waals surface area contributed by atoms with Gasteiger partial charge in [-0.15, -0.1) is 0 Å². The molecule has 0 unspecified atom stereocenters. The molecule has 1 aromatic heterocycles. The van der Waals surface area contributed by atoms with Gasteiger partial charge in [0.05, 0.1) is 5.39 Å². The van der Waals surface area contributed by atoms with Gasteiger partial charge in [0.25, 0.3) is 5.91 Å². The van der Waals surface area contributed by atoms with E-state index in [1.165, 1.54) is 24.3 Å². The molecule has 0 atom stereocenters. The third kappa shape index (κ3) is 2.99. The van der Waals surface area contributed by atoms with E-state index >= 15 is 0 Å². The summed E-state index contributed by atoms with van der Waals surface area (Å²) in [5, 5.41) is 3.24. The molecule has 0 fully saturated rings. The molecule has 0 bridgehead atoms. The van der Waals surface area contributed by atoms with Crippen LogP contribution in [-0.4, -0.2) is 12.5 Å². The predicted octanol–water partition coefficient (Wildman–Crippen LogP) is 2.32. The molecule has 1 aromatic carbocycles. The highest BCUT2D eigenvalue weighted by molar-refractivity contribution is 5.95. The lowest BCUT2D eigenvalue weighted by Gasteiger charge is -2.07. The van der Waals surface area contributed by atoms with Crippen molar-refractivity contribution < 1.29 is 13.6 Å². The summed E-state index contributed by atoms with van der Waals surface area (Å²) >= 11 is 0. The van der Waals surface area contributed by atoms with E-state index < -0.39 is 17.3 Å². The molecule has 2 aromatic rings. The molecule has 0 aliphatic rings. The van der Waals surface area contributed by atoms with E-state index in [1.807, 2.05) is 13.8 Å². The second-order valence-electron chi connectivity index (χ2n) is 4.73. The fourth-order valence-corrected chi connectivity index (χ4v) is 1.66. The third-order valence-corrected chi connectivity index (χ3v) is 2.62. The molecule has 1 heterocycles. The average Bonchev–Trinajstić information content (AvgIpc) is 2.35. The maximum atomic E-state index is 13.1. The molecule has 0 aliphatic heterocycles. The van der Waals surface area contributed by atoms with E-state index in [1.54, 1.807) is 0 Å². The number of benzene rings is 1. The maximum Gasteiger partial charge on any atom is 0.344 e. The van der Waals surface area contributed by atoms with Crippen molar-refractivity contribution in [3.05, 3.63) is 46.3 Å². The van der Waals surface area contributed by atoms with Gasteiger partial charge in [0.1, 0.15) is 5.82 Å². The Morgan fingerprint density at radius 3 is 2.79 bits per heavy atom. The lowest BCUT2D eigenvalue weighted by molar-refractivity contribution is 0.0917. The second kappa shape index (κ2) is 5.22. The summed E-state index contributed by atoms with van der Waals surface area (Å²) in [5.74, 6) is -0.763. The zero-order valence-electron chi connectivity index (χ0n) is 10.7.